The second-order valence-corrected chi connectivity index (χ2v) is 29.2. The third-order valence-corrected chi connectivity index (χ3v) is 18.6. The number of aliphatic hydroxyl groups excluding tert-OH is 1. The second-order valence-electron chi connectivity index (χ2n) is 26.3. The summed E-state index contributed by atoms with van der Waals surface area (Å²) < 4.78 is 68.5. The normalized spacial score (nSPS) is 14.3. The van der Waals surface area contributed by atoms with Gasteiger partial charge in [0.05, 0.1) is 26.4 Å². The molecule has 570 valence electrons. The van der Waals surface area contributed by atoms with Gasteiger partial charge in [-0.2, -0.15) is 0 Å². The largest absolute Gasteiger partial charge is 0.472 e. The fourth-order valence-electron chi connectivity index (χ4n) is 10.6. The smallest absolute Gasteiger partial charge is 0.462 e. The van der Waals surface area contributed by atoms with Gasteiger partial charge in [-0.15, -0.1) is 0 Å². The summed E-state index contributed by atoms with van der Waals surface area (Å²) in [5, 5.41) is 10.6. The molecule has 0 aliphatic heterocycles. The maximum atomic E-state index is 13.1. The van der Waals surface area contributed by atoms with Crippen molar-refractivity contribution in [3.63, 3.8) is 0 Å². The van der Waals surface area contributed by atoms with Gasteiger partial charge in [0.25, 0.3) is 0 Å². The van der Waals surface area contributed by atoms with Crippen LogP contribution in [-0.2, 0) is 65.4 Å². The van der Waals surface area contributed by atoms with E-state index >= 15 is 0 Å². The number of allylic oxidation sites excluding steroid dienone is 12. The predicted molar refractivity (Wildman–Crippen MR) is 400 cm³/mol. The zero-order valence-corrected chi connectivity index (χ0v) is 64.0. The van der Waals surface area contributed by atoms with Gasteiger partial charge in [-0.3, -0.25) is 37.3 Å². The highest BCUT2D eigenvalue weighted by Crippen LogP contribution is 2.45. The van der Waals surface area contributed by atoms with E-state index in [-0.39, 0.29) is 25.7 Å². The number of phosphoric acid groups is 2. The van der Waals surface area contributed by atoms with Crippen LogP contribution in [0.2, 0.25) is 0 Å². The van der Waals surface area contributed by atoms with E-state index in [1.54, 1.807) is 0 Å². The number of hydrogen-bond acceptors (Lipinski definition) is 15. The first kappa shape index (κ1) is 94.5. The Kier molecular flexibility index (Phi) is 69.3. The summed E-state index contributed by atoms with van der Waals surface area (Å²) >= 11 is 0. The lowest BCUT2D eigenvalue weighted by atomic mass is 10.0. The summed E-state index contributed by atoms with van der Waals surface area (Å²) in [7, 11) is -9.95. The molecule has 0 rings (SSSR count). The molecular weight excluding hydrogens is 1280 g/mol. The number of phosphoric ester groups is 2. The van der Waals surface area contributed by atoms with Gasteiger partial charge in [-0.05, 0) is 116 Å². The lowest BCUT2D eigenvalue weighted by Gasteiger charge is -2.21. The number of carbonyl (C=O) groups is 4. The quantitative estimate of drug-likeness (QED) is 0.0128. The summed E-state index contributed by atoms with van der Waals surface area (Å²) in [4.78, 5) is 72.9. The third-order valence-electron chi connectivity index (χ3n) is 16.7. The second kappa shape index (κ2) is 71.9. The van der Waals surface area contributed by atoms with Gasteiger partial charge in [0.1, 0.15) is 19.3 Å². The van der Waals surface area contributed by atoms with Gasteiger partial charge in [-0.1, -0.05) is 280 Å². The number of aliphatic hydroxyl groups is 1. The molecule has 0 bridgehead atoms. The van der Waals surface area contributed by atoms with Crippen molar-refractivity contribution in [2.75, 3.05) is 39.6 Å². The molecule has 0 spiro atoms. The molecule has 0 saturated carbocycles. The maximum Gasteiger partial charge on any atom is 0.472 e. The first-order valence-corrected chi connectivity index (χ1v) is 42.2. The number of ether oxygens (including phenoxy) is 4. The standard InChI is InChI=1S/C79H142O17P2/c1-5-9-13-17-21-25-29-33-36-40-44-48-52-56-60-64-77(82)90-70-75(96-79(84)66-62-58-54-50-46-42-38-35-31-27-23-19-15-11-7-3)72-94-98(87,88)92-68-73(80)67-91-97(85,86)93-71-74(69-89-76(81)63-59-55-51-47-43-39-32-28-24-20-16-12-8-4)95-78(83)65-61-57-53-49-45-41-37-34-30-26-22-18-14-10-6-2/h21,23,25-27,30,33-38,73-75,80H,5-20,22,24,28-29,31-32,39-72H2,1-4H3,(H,85,86)(H,87,88)/b25-21-,27-23-,30-26-,36-33-,37-34-,38-35-/t73-,74-,75-/m1/s1. The molecule has 0 heterocycles. The lowest BCUT2D eigenvalue weighted by Crippen LogP contribution is -2.30. The molecule has 0 radical (unpaired) electrons. The van der Waals surface area contributed by atoms with Crippen molar-refractivity contribution in [3.8, 4) is 0 Å². The monoisotopic (exact) mass is 1420 g/mol. The van der Waals surface area contributed by atoms with Crippen LogP contribution in [0.15, 0.2) is 72.9 Å². The number of carbonyl (C=O) groups excluding carboxylic acids is 4. The summed E-state index contributed by atoms with van der Waals surface area (Å²) in [6, 6.07) is 0. The van der Waals surface area contributed by atoms with Gasteiger partial charge >= 0.3 is 39.5 Å². The first-order valence-electron chi connectivity index (χ1n) is 39.2. The van der Waals surface area contributed by atoms with Gasteiger partial charge in [0.2, 0.25) is 0 Å². The molecule has 0 saturated heterocycles. The highest BCUT2D eigenvalue weighted by molar-refractivity contribution is 7.47. The van der Waals surface area contributed by atoms with Gasteiger partial charge < -0.3 is 33.8 Å². The number of rotatable bonds is 74. The molecule has 3 N–H and O–H groups in total. The fraction of sp³-hybridized carbons (Fsp3) is 0.797. The Morgan fingerprint density at radius 3 is 0.847 bits per heavy atom. The molecule has 0 fully saturated rings. The van der Waals surface area contributed by atoms with Crippen molar-refractivity contribution in [1.82, 2.24) is 0 Å². The van der Waals surface area contributed by atoms with E-state index in [1.165, 1.54) is 122 Å². The predicted octanol–water partition coefficient (Wildman–Crippen LogP) is 22.4. The molecule has 0 aliphatic carbocycles. The van der Waals surface area contributed by atoms with Gasteiger partial charge in [-0.25, -0.2) is 9.13 Å². The van der Waals surface area contributed by atoms with Crippen LogP contribution in [0.3, 0.4) is 0 Å². The highest BCUT2D eigenvalue weighted by Gasteiger charge is 2.30. The fourth-order valence-corrected chi connectivity index (χ4v) is 12.2. The van der Waals surface area contributed by atoms with E-state index in [2.05, 4.69) is 101 Å². The van der Waals surface area contributed by atoms with E-state index in [0.29, 0.717) is 25.7 Å². The van der Waals surface area contributed by atoms with Gasteiger partial charge in [0, 0.05) is 25.7 Å². The van der Waals surface area contributed by atoms with Crippen LogP contribution in [0.4, 0.5) is 0 Å². The Morgan fingerprint density at radius 1 is 0.296 bits per heavy atom. The Morgan fingerprint density at radius 2 is 0.531 bits per heavy atom. The molecular formula is C79H142O17P2. The number of unbranched alkanes of at least 4 members (excludes halogenated alkanes) is 37. The Balaban J connectivity index is 5.37. The zero-order valence-electron chi connectivity index (χ0n) is 62.2. The molecule has 19 heteroatoms. The number of esters is 4. The molecule has 98 heavy (non-hydrogen) atoms. The van der Waals surface area contributed by atoms with Crippen molar-refractivity contribution in [2.24, 2.45) is 0 Å². The minimum absolute atomic E-state index is 0.0779. The van der Waals surface area contributed by atoms with Gasteiger partial charge in [0.15, 0.2) is 12.2 Å². The SMILES string of the molecule is CCCCC/C=C\C/C=C\CCCCCCCC(=O)OC[C@H](COP(=O)(O)OC[C@H](O)COP(=O)(O)OC[C@@H](COC(=O)CCCCCCCCCCCCCCC)OC(=O)CCCCCCC/C=C\C=C/CCCCCC)OC(=O)CCCCCCC/C=C\C/C=C\CCCCC. The van der Waals surface area contributed by atoms with Crippen LogP contribution in [0.25, 0.3) is 0 Å². The number of hydrogen-bond donors (Lipinski definition) is 3. The summed E-state index contributed by atoms with van der Waals surface area (Å²) in [5.41, 5.74) is 0. The zero-order chi connectivity index (χ0) is 71.8. The van der Waals surface area contributed by atoms with E-state index < -0.39 is 97.5 Å². The van der Waals surface area contributed by atoms with Crippen molar-refractivity contribution in [2.45, 2.75) is 367 Å². The van der Waals surface area contributed by atoms with Crippen LogP contribution < -0.4 is 0 Å². The van der Waals surface area contributed by atoms with Crippen LogP contribution in [0.1, 0.15) is 349 Å². The van der Waals surface area contributed by atoms with Crippen molar-refractivity contribution in [1.29, 1.82) is 0 Å². The van der Waals surface area contributed by atoms with E-state index in [4.69, 9.17) is 37.0 Å². The molecule has 0 amide bonds. The molecule has 0 aromatic carbocycles. The first-order chi connectivity index (χ1) is 47.7. The average Bonchev–Trinajstić information content (AvgIpc) is 1.04. The Hall–Kier alpha value is -3.50. The van der Waals surface area contributed by atoms with Crippen LogP contribution >= 0.6 is 15.6 Å². The lowest BCUT2D eigenvalue weighted by molar-refractivity contribution is -0.161. The molecule has 0 aromatic rings. The Bertz CT molecular complexity index is 2140. The maximum absolute atomic E-state index is 13.1. The molecule has 0 aliphatic rings. The van der Waals surface area contributed by atoms with Crippen LogP contribution in [-0.4, -0.2) is 96.7 Å². The summed E-state index contributed by atoms with van der Waals surface area (Å²) in [5.74, 6) is -2.20. The van der Waals surface area contributed by atoms with Crippen molar-refractivity contribution >= 4 is 39.5 Å². The topological polar surface area (TPSA) is 237 Å². The molecule has 0 aromatic heterocycles. The highest BCUT2D eigenvalue weighted by atomic mass is 31.2. The summed E-state index contributed by atoms with van der Waals surface area (Å²) in [6.45, 7) is 4.80. The third kappa shape index (κ3) is 70.9. The van der Waals surface area contributed by atoms with E-state index in [9.17, 15) is 43.2 Å². The minimum atomic E-state index is -4.98. The van der Waals surface area contributed by atoms with Crippen molar-refractivity contribution < 1.29 is 80.2 Å². The van der Waals surface area contributed by atoms with E-state index in [0.717, 1.165) is 148 Å². The minimum Gasteiger partial charge on any atom is -0.462 e. The molecule has 2 unspecified atom stereocenters. The van der Waals surface area contributed by atoms with Crippen molar-refractivity contribution in [3.05, 3.63) is 72.9 Å². The molecule has 5 atom stereocenters. The van der Waals surface area contributed by atoms with E-state index in [1.807, 2.05) is 0 Å². The average molecular weight is 1430 g/mol. The van der Waals surface area contributed by atoms with Crippen LogP contribution in [0.5, 0.6) is 0 Å². The molecule has 17 nitrogen and oxygen atoms in total. The Labute approximate surface area is 596 Å². The van der Waals surface area contributed by atoms with Crippen LogP contribution in [0, 0.1) is 0 Å². The summed E-state index contributed by atoms with van der Waals surface area (Å²) in [6.07, 6.45) is 71.6.